The summed E-state index contributed by atoms with van der Waals surface area (Å²) in [6, 6.07) is 6.36. The number of anilines is 1. The van der Waals surface area contributed by atoms with Gasteiger partial charge in [0, 0.05) is 20.2 Å². The quantitative estimate of drug-likeness (QED) is 0.755. The number of hydrogen-bond acceptors (Lipinski definition) is 5. The molecule has 1 rings (SSSR count). The fourth-order valence-electron chi connectivity index (χ4n) is 1.70. The lowest BCUT2D eigenvalue weighted by molar-refractivity contribution is -0.124. The maximum Gasteiger partial charge on any atom is 0.258 e. The first kappa shape index (κ1) is 18.2. The third-order valence-corrected chi connectivity index (χ3v) is 4.10. The van der Waals surface area contributed by atoms with Crippen molar-refractivity contribution in [2.45, 2.75) is 13.0 Å². The van der Waals surface area contributed by atoms with Gasteiger partial charge in [-0.1, -0.05) is 0 Å². The molecule has 0 fully saturated rings. The summed E-state index contributed by atoms with van der Waals surface area (Å²) in [5.74, 6) is 0.238. The second kappa shape index (κ2) is 8.00. The van der Waals surface area contributed by atoms with Gasteiger partial charge in [-0.25, -0.2) is 8.42 Å². The molecular weight excluding hydrogens is 308 g/mol. The van der Waals surface area contributed by atoms with Gasteiger partial charge in [-0.05, 0) is 31.2 Å². The number of hydrogen-bond donors (Lipinski definition) is 1. The second-order valence-electron chi connectivity index (χ2n) is 4.94. The maximum absolute atomic E-state index is 11.6. The lowest BCUT2D eigenvalue weighted by Gasteiger charge is -2.17. The van der Waals surface area contributed by atoms with Crippen LogP contribution in [0.25, 0.3) is 0 Å². The Kier molecular flexibility index (Phi) is 6.63. The van der Waals surface area contributed by atoms with E-state index in [2.05, 4.69) is 5.32 Å². The molecule has 22 heavy (non-hydrogen) atoms. The van der Waals surface area contributed by atoms with Crippen LogP contribution in [0.15, 0.2) is 24.3 Å². The van der Waals surface area contributed by atoms with E-state index in [1.165, 1.54) is 7.05 Å². The van der Waals surface area contributed by atoms with E-state index in [1.807, 2.05) is 6.92 Å². The van der Waals surface area contributed by atoms with Crippen LogP contribution in [0.4, 0.5) is 5.69 Å². The zero-order chi connectivity index (χ0) is 16.8. The van der Waals surface area contributed by atoms with Crippen LogP contribution in [0.3, 0.4) is 0 Å². The Morgan fingerprint density at radius 3 is 2.41 bits per heavy atom. The number of benzene rings is 1. The molecule has 0 aromatic heterocycles. The first-order chi connectivity index (χ1) is 10.2. The summed E-state index contributed by atoms with van der Waals surface area (Å²) in [6.45, 7) is 2.14. The fraction of sp³-hybridized carbons (Fsp3) is 0.500. The summed E-state index contributed by atoms with van der Waals surface area (Å²) >= 11 is 0. The van der Waals surface area contributed by atoms with Crippen LogP contribution in [-0.2, 0) is 19.6 Å². The number of rotatable bonds is 8. The Labute approximate surface area is 131 Å². The zero-order valence-electron chi connectivity index (χ0n) is 13.2. The van der Waals surface area contributed by atoms with Crippen LogP contribution in [0.5, 0.6) is 5.75 Å². The van der Waals surface area contributed by atoms with Gasteiger partial charge >= 0.3 is 0 Å². The minimum atomic E-state index is -3.30. The van der Waals surface area contributed by atoms with Gasteiger partial charge in [0.15, 0.2) is 6.61 Å². The molecular formula is C14H22N2O5S. The van der Waals surface area contributed by atoms with Crippen molar-refractivity contribution in [2.75, 3.05) is 37.9 Å². The molecule has 1 amide bonds. The fourth-order valence-corrected chi connectivity index (χ4v) is 2.21. The van der Waals surface area contributed by atoms with E-state index in [0.29, 0.717) is 18.0 Å². The number of carbonyl (C=O) groups excluding carboxylic acids is 1. The van der Waals surface area contributed by atoms with Crippen LogP contribution in [0.2, 0.25) is 0 Å². The highest BCUT2D eigenvalue weighted by Crippen LogP contribution is 2.20. The SMILES string of the molecule is COC[C@@H](C)NC(=O)COc1ccc(N(C)S(C)(=O)=O)cc1. The molecule has 0 heterocycles. The number of methoxy groups -OCH3 is 1. The van der Waals surface area contributed by atoms with Crippen LogP contribution in [-0.4, -0.2) is 54.0 Å². The number of ether oxygens (including phenoxy) is 2. The predicted molar refractivity (Wildman–Crippen MR) is 84.7 cm³/mol. The first-order valence-corrected chi connectivity index (χ1v) is 8.54. The third kappa shape index (κ3) is 5.90. The molecule has 0 spiro atoms. The average molecular weight is 330 g/mol. The van der Waals surface area contributed by atoms with Crippen molar-refractivity contribution in [1.29, 1.82) is 0 Å². The van der Waals surface area contributed by atoms with Crippen molar-refractivity contribution in [3.8, 4) is 5.75 Å². The summed E-state index contributed by atoms with van der Waals surface area (Å²) in [7, 11) is -0.265. The molecule has 0 radical (unpaired) electrons. The van der Waals surface area contributed by atoms with E-state index in [1.54, 1.807) is 31.4 Å². The summed E-state index contributed by atoms with van der Waals surface area (Å²) in [5, 5.41) is 2.72. The molecule has 0 saturated heterocycles. The van der Waals surface area contributed by atoms with Gasteiger partial charge < -0.3 is 14.8 Å². The zero-order valence-corrected chi connectivity index (χ0v) is 14.0. The Balaban J connectivity index is 2.53. The standard InChI is InChI=1S/C14H22N2O5S/c1-11(9-20-3)15-14(17)10-21-13-7-5-12(6-8-13)16(2)22(4,18)19/h5-8,11H,9-10H2,1-4H3,(H,15,17)/t11-/m1/s1. The lowest BCUT2D eigenvalue weighted by Crippen LogP contribution is -2.38. The van der Waals surface area contributed by atoms with Crippen molar-refractivity contribution in [1.82, 2.24) is 5.32 Å². The number of nitrogens with zero attached hydrogens (tertiary/aromatic N) is 1. The topological polar surface area (TPSA) is 84.9 Å². The molecule has 1 aromatic rings. The van der Waals surface area contributed by atoms with Gasteiger partial charge in [0.05, 0.1) is 18.6 Å². The maximum atomic E-state index is 11.6. The molecule has 1 N–H and O–H groups in total. The van der Waals surface area contributed by atoms with Crippen LogP contribution in [0.1, 0.15) is 6.92 Å². The summed E-state index contributed by atoms with van der Waals surface area (Å²) in [4.78, 5) is 11.6. The van der Waals surface area contributed by atoms with E-state index in [0.717, 1.165) is 10.6 Å². The molecule has 0 aliphatic carbocycles. The highest BCUT2D eigenvalue weighted by atomic mass is 32.2. The average Bonchev–Trinajstić information content (AvgIpc) is 2.44. The molecule has 0 unspecified atom stereocenters. The van der Waals surface area contributed by atoms with Gasteiger partial charge in [-0.15, -0.1) is 0 Å². The van der Waals surface area contributed by atoms with Gasteiger partial charge in [-0.2, -0.15) is 0 Å². The van der Waals surface area contributed by atoms with Crippen molar-refractivity contribution >= 4 is 21.6 Å². The minimum Gasteiger partial charge on any atom is -0.484 e. The first-order valence-electron chi connectivity index (χ1n) is 6.69. The molecule has 0 bridgehead atoms. The number of nitrogens with one attached hydrogen (secondary N) is 1. The molecule has 1 atom stereocenters. The molecule has 1 aromatic carbocycles. The Bertz CT molecular complexity index is 586. The largest absolute Gasteiger partial charge is 0.484 e. The van der Waals surface area contributed by atoms with Crippen molar-refractivity contribution in [2.24, 2.45) is 0 Å². The monoisotopic (exact) mass is 330 g/mol. The van der Waals surface area contributed by atoms with E-state index < -0.39 is 10.0 Å². The smallest absolute Gasteiger partial charge is 0.258 e. The highest BCUT2D eigenvalue weighted by molar-refractivity contribution is 7.92. The molecule has 124 valence electrons. The number of carbonyl (C=O) groups is 1. The molecule has 0 aliphatic rings. The van der Waals surface area contributed by atoms with Crippen LogP contribution >= 0.6 is 0 Å². The second-order valence-corrected chi connectivity index (χ2v) is 6.95. The highest BCUT2D eigenvalue weighted by Gasteiger charge is 2.12. The van der Waals surface area contributed by atoms with Gasteiger partial charge in [0.2, 0.25) is 10.0 Å². The third-order valence-electron chi connectivity index (χ3n) is 2.89. The molecule has 8 heteroatoms. The van der Waals surface area contributed by atoms with Crippen molar-refractivity contribution in [3.05, 3.63) is 24.3 Å². The van der Waals surface area contributed by atoms with E-state index in [9.17, 15) is 13.2 Å². The Morgan fingerprint density at radius 1 is 1.32 bits per heavy atom. The number of amides is 1. The predicted octanol–water partition coefficient (Wildman–Crippen LogP) is 0.612. The van der Waals surface area contributed by atoms with Crippen molar-refractivity contribution in [3.63, 3.8) is 0 Å². The molecule has 0 aliphatic heterocycles. The van der Waals surface area contributed by atoms with Crippen molar-refractivity contribution < 1.29 is 22.7 Å². The summed E-state index contributed by atoms with van der Waals surface area (Å²) < 4.78 is 34.3. The summed E-state index contributed by atoms with van der Waals surface area (Å²) in [5.41, 5.74) is 0.521. The van der Waals surface area contributed by atoms with Gasteiger partial charge in [0.1, 0.15) is 5.75 Å². The Morgan fingerprint density at radius 2 is 1.91 bits per heavy atom. The van der Waals surface area contributed by atoms with E-state index in [-0.39, 0.29) is 18.6 Å². The normalized spacial score (nSPS) is 12.5. The summed E-state index contributed by atoms with van der Waals surface area (Å²) in [6.07, 6.45) is 1.13. The lowest BCUT2D eigenvalue weighted by atomic mass is 10.3. The molecule has 7 nitrogen and oxygen atoms in total. The van der Waals surface area contributed by atoms with Gasteiger partial charge in [0.25, 0.3) is 5.91 Å². The van der Waals surface area contributed by atoms with E-state index in [4.69, 9.17) is 9.47 Å². The van der Waals surface area contributed by atoms with Crippen LogP contribution < -0.4 is 14.4 Å². The molecule has 0 saturated carbocycles. The van der Waals surface area contributed by atoms with E-state index >= 15 is 0 Å². The Hall–Kier alpha value is -1.80. The minimum absolute atomic E-state index is 0.0908. The van der Waals surface area contributed by atoms with Gasteiger partial charge in [-0.3, -0.25) is 9.10 Å². The number of sulfonamides is 1. The van der Waals surface area contributed by atoms with Crippen LogP contribution in [0, 0.1) is 0 Å².